The van der Waals surface area contributed by atoms with Crippen molar-refractivity contribution >= 4 is 5.91 Å². The highest BCUT2D eigenvalue weighted by molar-refractivity contribution is 5.92. The summed E-state index contributed by atoms with van der Waals surface area (Å²) in [6.45, 7) is 1.04. The van der Waals surface area contributed by atoms with Gasteiger partial charge in [0.15, 0.2) is 0 Å². The summed E-state index contributed by atoms with van der Waals surface area (Å²) in [5.74, 6) is -1.83. The topological polar surface area (TPSA) is 83.0 Å². The van der Waals surface area contributed by atoms with Crippen molar-refractivity contribution in [2.45, 2.75) is 19.4 Å². The Balaban J connectivity index is 0.000000168. The molecule has 0 saturated heterocycles. The van der Waals surface area contributed by atoms with Gasteiger partial charge in [-0.05, 0) is 37.1 Å². The normalized spacial score (nSPS) is 12.1. The Bertz CT molecular complexity index is 930. The van der Waals surface area contributed by atoms with Gasteiger partial charge in [0, 0.05) is 41.7 Å². The van der Waals surface area contributed by atoms with Crippen molar-refractivity contribution in [2.24, 2.45) is 5.73 Å². The van der Waals surface area contributed by atoms with Crippen LogP contribution in [0.3, 0.4) is 0 Å². The first-order valence-electron chi connectivity index (χ1n) is 8.29. The minimum absolute atomic E-state index is 0.164. The lowest BCUT2D eigenvalue weighted by Gasteiger charge is -2.00. The van der Waals surface area contributed by atoms with Gasteiger partial charge in [0.05, 0.1) is 12.8 Å². The Morgan fingerprint density at radius 2 is 1.93 bits per heavy atom. The SMILES string of the molecule is COc1cc(-c2cc3n(n2)CCC3)ccn1.NC(=O)c1cc(F)cc(F)c1. The molecular formula is C19H18F2N4O2. The largest absolute Gasteiger partial charge is 0.481 e. The zero-order chi connectivity index (χ0) is 19.4. The van der Waals surface area contributed by atoms with Gasteiger partial charge >= 0.3 is 0 Å². The second-order valence-corrected chi connectivity index (χ2v) is 5.96. The van der Waals surface area contributed by atoms with E-state index in [-0.39, 0.29) is 5.56 Å². The first-order chi connectivity index (χ1) is 13.0. The van der Waals surface area contributed by atoms with E-state index < -0.39 is 17.5 Å². The van der Waals surface area contributed by atoms with Crippen molar-refractivity contribution in [3.63, 3.8) is 0 Å². The lowest BCUT2D eigenvalue weighted by molar-refractivity contribution is 0.0999. The van der Waals surface area contributed by atoms with Crippen LogP contribution >= 0.6 is 0 Å². The van der Waals surface area contributed by atoms with Crippen LogP contribution in [0.1, 0.15) is 22.5 Å². The van der Waals surface area contributed by atoms with Gasteiger partial charge < -0.3 is 10.5 Å². The number of hydrogen-bond donors (Lipinski definition) is 1. The number of carbonyl (C=O) groups is 1. The lowest BCUT2D eigenvalue weighted by atomic mass is 10.2. The van der Waals surface area contributed by atoms with Crippen LogP contribution in [0, 0.1) is 11.6 Å². The van der Waals surface area contributed by atoms with Gasteiger partial charge in [0.25, 0.3) is 0 Å². The van der Waals surface area contributed by atoms with Crippen LogP contribution in [-0.2, 0) is 13.0 Å². The molecule has 4 rings (SSSR count). The van der Waals surface area contributed by atoms with Crippen molar-refractivity contribution in [1.29, 1.82) is 0 Å². The maximum absolute atomic E-state index is 12.3. The number of nitrogens with two attached hydrogens (primary N) is 1. The van der Waals surface area contributed by atoms with Crippen LogP contribution in [0.4, 0.5) is 8.78 Å². The van der Waals surface area contributed by atoms with E-state index in [4.69, 9.17) is 10.5 Å². The van der Waals surface area contributed by atoms with Gasteiger partial charge in [-0.3, -0.25) is 9.48 Å². The molecule has 0 unspecified atom stereocenters. The van der Waals surface area contributed by atoms with E-state index in [2.05, 4.69) is 20.8 Å². The standard InChI is InChI=1S/C12H13N3O.C7H5F2NO/c1-16-12-7-9(4-5-13-12)11-8-10-3-2-6-15(10)14-11;8-5-1-4(7(10)11)2-6(9)3-5/h4-5,7-8H,2-3,6H2,1H3;1-3H,(H2,10,11). The van der Waals surface area contributed by atoms with Crippen LogP contribution in [0.5, 0.6) is 5.88 Å². The third-order valence-electron chi connectivity index (χ3n) is 4.05. The average Bonchev–Trinajstić information content (AvgIpc) is 3.23. The zero-order valence-corrected chi connectivity index (χ0v) is 14.7. The van der Waals surface area contributed by atoms with Crippen LogP contribution in [0.15, 0.2) is 42.6 Å². The Morgan fingerprint density at radius 1 is 1.19 bits per heavy atom. The van der Waals surface area contributed by atoms with Crippen LogP contribution < -0.4 is 10.5 Å². The molecule has 0 fully saturated rings. The molecule has 2 N–H and O–H groups in total. The predicted molar refractivity (Wildman–Crippen MR) is 95.2 cm³/mol. The number of halogens is 2. The Hall–Kier alpha value is -3.29. The average molecular weight is 372 g/mol. The molecule has 3 heterocycles. The summed E-state index contributed by atoms with van der Waals surface area (Å²) in [6, 6.07) is 8.46. The highest BCUT2D eigenvalue weighted by Crippen LogP contribution is 2.24. The predicted octanol–water partition coefficient (Wildman–Crippen LogP) is 2.96. The fraction of sp³-hybridized carbons (Fsp3) is 0.211. The number of fused-ring (bicyclic) bond motifs is 1. The van der Waals surface area contributed by atoms with Crippen molar-refractivity contribution in [3.05, 3.63) is 65.5 Å². The number of rotatable bonds is 3. The highest BCUT2D eigenvalue weighted by atomic mass is 19.1. The Kier molecular flexibility index (Phi) is 5.44. The summed E-state index contributed by atoms with van der Waals surface area (Å²) < 4.78 is 31.9. The summed E-state index contributed by atoms with van der Waals surface area (Å²) >= 11 is 0. The minimum Gasteiger partial charge on any atom is -0.481 e. The molecule has 3 aromatic rings. The van der Waals surface area contributed by atoms with Crippen LogP contribution in [0.2, 0.25) is 0 Å². The number of amides is 1. The minimum atomic E-state index is -0.844. The van der Waals surface area contributed by atoms with E-state index in [1.54, 1.807) is 13.3 Å². The lowest BCUT2D eigenvalue weighted by Crippen LogP contribution is -2.11. The Morgan fingerprint density at radius 3 is 2.56 bits per heavy atom. The molecule has 6 nitrogen and oxygen atoms in total. The molecule has 1 aromatic carbocycles. The van der Waals surface area contributed by atoms with Gasteiger partial charge in [-0.1, -0.05) is 0 Å². The van der Waals surface area contributed by atoms with E-state index in [0.717, 1.165) is 36.4 Å². The maximum Gasteiger partial charge on any atom is 0.248 e. The fourth-order valence-corrected chi connectivity index (χ4v) is 2.78. The quantitative estimate of drug-likeness (QED) is 0.766. The maximum atomic E-state index is 12.3. The van der Waals surface area contributed by atoms with Crippen molar-refractivity contribution in [2.75, 3.05) is 7.11 Å². The molecule has 140 valence electrons. The molecule has 8 heteroatoms. The summed E-state index contributed by atoms with van der Waals surface area (Å²) in [7, 11) is 1.62. The molecular weight excluding hydrogens is 354 g/mol. The number of primary amides is 1. The molecule has 1 aliphatic rings. The number of pyridine rings is 1. The number of benzene rings is 1. The molecule has 1 aliphatic heterocycles. The van der Waals surface area contributed by atoms with Crippen LogP contribution in [0.25, 0.3) is 11.3 Å². The van der Waals surface area contributed by atoms with E-state index in [1.165, 1.54) is 12.1 Å². The third-order valence-corrected chi connectivity index (χ3v) is 4.05. The second-order valence-electron chi connectivity index (χ2n) is 5.96. The van der Waals surface area contributed by atoms with E-state index >= 15 is 0 Å². The smallest absolute Gasteiger partial charge is 0.248 e. The number of carbonyl (C=O) groups excluding carboxylic acids is 1. The molecule has 0 atom stereocenters. The molecule has 2 aromatic heterocycles. The molecule has 0 spiro atoms. The van der Waals surface area contributed by atoms with Gasteiger partial charge in [-0.25, -0.2) is 13.8 Å². The van der Waals surface area contributed by atoms with E-state index in [0.29, 0.717) is 11.9 Å². The monoisotopic (exact) mass is 372 g/mol. The molecule has 0 radical (unpaired) electrons. The second kappa shape index (κ2) is 7.94. The number of hydrogen-bond acceptors (Lipinski definition) is 4. The van der Waals surface area contributed by atoms with Gasteiger partial charge in [0.2, 0.25) is 11.8 Å². The molecule has 0 aliphatic carbocycles. The summed E-state index contributed by atoms with van der Waals surface area (Å²) in [4.78, 5) is 14.5. The van der Waals surface area contributed by atoms with E-state index in [9.17, 15) is 13.6 Å². The van der Waals surface area contributed by atoms with Crippen molar-refractivity contribution in [1.82, 2.24) is 14.8 Å². The first kappa shape index (κ1) is 18.5. The number of aryl methyl sites for hydroxylation is 2. The Labute approximate surface area is 154 Å². The fourth-order valence-electron chi connectivity index (χ4n) is 2.78. The van der Waals surface area contributed by atoms with Crippen molar-refractivity contribution in [3.8, 4) is 17.1 Å². The molecule has 0 saturated carbocycles. The molecule has 27 heavy (non-hydrogen) atoms. The summed E-state index contributed by atoms with van der Waals surface area (Å²) in [6.07, 6.45) is 4.09. The zero-order valence-electron chi connectivity index (χ0n) is 14.7. The number of aromatic nitrogens is 3. The highest BCUT2D eigenvalue weighted by Gasteiger charge is 2.14. The summed E-state index contributed by atoms with van der Waals surface area (Å²) in [5, 5.41) is 4.57. The third kappa shape index (κ3) is 4.46. The molecule has 1 amide bonds. The van der Waals surface area contributed by atoms with Crippen molar-refractivity contribution < 1.29 is 18.3 Å². The number of nitrogens with zero attached hydrogens (tertiary/aromatic N) is 3. The van der Waals surface area contributed by atoms with E-state index in [1.807, 2.05) is 12.1 Å². The van der Waals surface area contributed by atoms with Gasteiger partial charge in [-0.2, -0.15) is 5.10 Å². The first-order valence-corrected chi connectivity index (χ1v) is 8.29. The van der Waals surface area contributed by atoms with Crippen LogP contribution in [-0.4, -0.2) is 27.8 Å². The number of methoxy groups -OCH3 is 1. The molecule has 0 bridgehead atoms. The number of ether oxygens (including phenoxy) is 1. The van der Waals surface area contributed by atoms with Gasteiger partial charge in [0.1, 0.15) is 11.6 Å². The summed E-state index contributed by atoms with van der Waals surface area (Å²) in [5.41, 5.74) is 8.01. The van der Waals surface area contributed by atoms with Gasteiger partial charge in [-0.15, -0.1) is 0 Å².